The van der Waals surface area contributed by atoms with Crippen molar-refractivity contribution >= 4 is 5.91 Å². The highest BCUT2D eigenvalue weighted by atomic mass is 16.2. The molecule has 0 spiro atoms. The number of nitrogens with zero attached hydrogens (tertiary/aromatic N) is 2. The standard InChI is InChI=1S/C22H33N3O/c1-17-6-5-9-21(18-7-3-2-4-8-18)25(17)16-22(26)23-19-12-14-24(15-13-19)20-10-11-20/h2-4,7-8,17,19-21H,5-6,9-16H2,1H3,(H,23,26)/t17-,21-/m1/s1. The van der Waals surface area contributed by atoms with Crippen LogP contribution in [0.25, 0.3) is 0 Å². The van der Waals surface area contributed by atoms with Gasteiger partial charge in [-0.3, -0.25) is 9.69 Å². The van der Waals surface area contributed by atoms with Crippen LogP contribution in [0.15, 0.2) is 30.3 Å². The molecule has 26 heavy (non-hydrogen) atoms. The molecule has 0 aromatic heterocycles. The maximum absolute atomic E-state index is 12.8. The van der Waals surface area contributed by atoms with Crippen LogP contribution in [-0.4, -0.2) is 53.5 Å². The first-order valence-electron chi connectivity index (χ1n) is 10.5. The molecular formula is C22H33N3O. The molecule has 2 aliphatic heterocycles. The summed E-state index contributed by atoms with van der Waals surface area (Å²) in [7, 11) is 0. The molecule has 0 bridgehead atoms. The SMILES string of the molecule is C[C@@H]1CCC[C@H](c2ccccc2)N1CC(=O)NC1CCN(C2CC2)CC1. The van der Waals surface area contributed by atoms with E-state index in [2.05, 4.69) is 52.4 Å². The molecule has 0 unspecified atom stereocenters. The van der Waals surface area contributed by atoms with Gasteiger partial charge in [0.1, 0.15) is 0 Å². The van der Waals surface area contributed by atoms with Gasteiger partial charge in [-0.2, -0.15) is 0 Å². The summed E-state index contributed by atoms with van der Waals surface area (Å²) < 4.78 is 0. The Bertz CT molecular complexity index is 593. The summed E-state index contributed by atoms with van der Waals surface area (Å²) in [6.45, 7) is 5.12. The number of hydrogen-bond donors (Lipinski definition) is 1. The summed E-state index contributed by atoms with van der Waals surface area (Å²) in [4.78, 5) is 17.8. The van der Waals surface area contributed by atoms with Crippen molar-refractivity contribution in [1.82, 2.24) is 15.1 Å². The number of hydrogen-bond acceptors (Lipinski definition) is 3. The first-order valence-corrected chi connectivity index (χ1v) is 10.5. The second kappa shape index (κ2) is 8.10. The fourth-order valence-electron chi connectivity index (χ4n) is 4.83. The highest BCUT2D eigenvalue weighted by molar-refractivity contribution is 5.78. The van der Waals surface area contributed by atoms with Gasteiger partial charge in [-0.15, -0.1) is 0 Å². The van der Waals surface area contributed by atoms with Crippen LogP contribution in [0.1, 0.15) is 63.5 Å². The topological polar surface area (TPSA) is 35.6 Å². The van der Waals surface area contributed by atoms with Crippen LogP contribution in [0.4, 0.5) is 0 Å². The highest BCUT2D eigenvalue weighted by Crippen LogP contribution is 2.34. The third kappa shape index (κ3) is 4.29. The highest BCUT2D eigenvalue weighted by Gasteiger charge is 2.33. The van der Waals surface area contributed by atoms with E-state index in [1.54, 1.807) is 0 Å². The van der Waals surface area contributed by atoms with Gasteiger partial charge in [0.15, 0.2) is 0 Å². The Balaban J connectivity index is 1.32. The van der Waals surface area contributed by atoms with E-state index in [-0.39, 0.29) is 5.91 Å². The molecule has 1 saturated carbocycles. The van der Waals surface area contributed by atoms with Gasteiger partial charge in [-0.1, -0.05) is 36.8 Å². The van der Waals surface area contributed by atoms with E-state index in [1.165, 1.54) is 31.2 Å². The summed E-state index contributed by atoms with van der Waals surface area (Å²) in [6.07, 6.45) is 8.57. The number of carbonyl (C=O) groups excluding carboxylic acids is 1. The fourth-order valence-corrected chi connectivity index (χ4v) is 4.83. The van der Waals surface area contributed by atoms with Gasteiger partial charge in [0.25, 0.3) is 0 Å². The van der Waals surface area contributed by atoms with Gasteiger partial charge in [-0.25, -0.2) is 0 Å². The molecule has 1 aliphatic carbocycles. The molecule has 4 heteroatoms. The summed E-state index contributed by atoms with van der Waals surface area (Å²) in [5.41, 5.74) is 1.35. The van der Waals surface area contributed by atoms with Crippen molar-refractivity contribution in [2.24, 2.45) is 0 Å². The predicted octanol–water partition coefficient (Wildman–Crippen LogP) is 3.35. The van der Waals surface area contributed by atoms with Crippen molar-refractivity contribution in [2.75, 3.05) is 19.6 Å². The normalized spacial score (nSPS) is 28.8. The Kier molecular flexibility index (Phi) is 5.60. The van der Waals surface area contributed by atoms with Gasteiger partial charge in [0.05, 0.1) is 6.54 Å². The Morgan fingerprint density at radius 3 is 2.46 bits per heavy atom. The average molecular weight is 356 g/mol. The number of nitrogens with one attached hydrogen (secondary N) is 1. The molecule has 2 atom stereocenters. The van der Waals surface area contributed by atoms with Gasteiger partial charge in [-0.05, 0) is 51.0 Å². The Hall–Kier alpha value is -1.39. The minimum absolute atomic E-state index is 0.213. The van der Waals surface area contributed by atoms with E-state index in [4.69, 9.17) is 0 Å². The molecule has 1 aromatic carbocycles. The van der Waals surface area contributed by atoms with Crippen LogP contribution < -0.4 is 5.32 Å². The summed E-state index contributed by atoms with van der Waals surface area (Å²) in [5, 5.41) is 3.33. The third-order valence-corrected chi connectivity index (χ3v) is 6.53. The molecule has 2 heterocycles. The van der Waals surface area contributed by atoms with E-state index >= 15 is 0 Å². The Morgan fingerprint density at radius 2 is 1.77 bits per heavy atom. The second-order valence-electron chi connectivity index (χ2n) is 8.49. The number of rotatable bonds is 5. The zero-order chi connectivity index (χ0) is 17.9. The quantitative estimate of drug-likeness (QED) is 0.880. The number of piperidine rings is 2. The van der Waals surface area contributed by atoms with Crippen molar-refractivity contribution in [3.05, 3.63) is 35.9 Å². The van der Waals surface area contributed by atoms with Crippen molar-refractivity contribution in [2.45, 2.75) is 76.0 Å². The molecule has 4 rings (SSSR count). The fraction of sp³-hybridized carbons (Fsp3) is 0.682. The third-order valence-electron chi connectivity index (χ3n) is 6.53. The number of amides is 1. The average Bonchev–Trinajstić information content (AvgIpc) is 3.50. The van der Waals surface area contributed by atoms with Crippen LogP contribution in [0.3, 0.4) is 0 Å². The lowest BCUT2D eigenvalue weighted by atomic mass is 9.91. The van der Waals surface area contributed by atoms with Crippen molar-refractivity contribution in [3.8, 4) is 0 Å². The minimum Gasteiger partial charge on any atom is -0.352 e. The lowest BCUT2D eigenvalue weighted by Gasteiger charge is -2.41. The largest absolute Gasteiger partial charge is 0.352 e. The van der Waals surface area contributed by atoms with E-state index < -0.39 is 0 Å². The maximum Gasteiger partial charge on any atom is 0.234 e. The van der Waals surface area contributed by atoms with Gasteiger partial charge < -0.3 is 10.2 Å². The predicted molar refractivity (Wildman–Crippen MR) is 105 cm³/mol. The van der Waals surface area contributed by atoms with Crippen molar-refractivity contribution in [3.63, 3.8) is 0 Å². The monoisotopic (exact) mass is 355 g/mol. The summed E-state index contributed by atoms with van der Waals surface area (Å²) >= 11 is 0. The van der Waals surface area contributed by atoms with Crippen LogP contribution >= 0.6 is 0 Å². The molecule has 1 aromatic rings. The van der Waals surface area contributed by atoms with E-state index in [0.717, 1.165) is 38.4 Å². The van der Waals surface area contributed by atoms with Crippen molar-refractivity contribution < 1.29 is 4.79 Å². The van der Waals surface area contributed by atoms with E-state index in [9.17, 15) is 4.79 Å². The van der Waals surface area contributed by atoms with Gasteiger partial charge >= 0.3 is 0 Å². The van der Waals surface area contributed by atoms with Crippen LogP contribution in [-0.2, 0) is 4.79 Å². The second-order valence-corrected chi connectivity index (χ2v) is 8.49. The maximum atomic E-state index is 12.8. The van der Waals surface area contributed by atoms with Gasteiger partial charge in [0, 0.05) is 37.3 Å². The minimum atomic E-state index is 0.213. The molecule has 142 valence electrons. The Morgan fingerprint density at radius 1 is 1.04 bits per heavy atom. The smallest absolute Gasteiger partial charge is 0.234 e. The lowest BCUT2D eigenvalue weighted by molar-refractivity contribution is -0.125. The molecule has 1 N–H and O–H groups in total. The molecule has 1 amide bonds. The van der Waals surface area contributed by atoms with E-state index in [0.29, 0.717) is 24.7 Å². The molecule has 0 radical (unpaired) electrons. The Labute approximate surface area is 157 Å². The van der Waals surface area contributed by atoms with Crippen LogP contribution in [0.5, 0.6) is 0 Å². The number of likely N-dealkylation sites (tertiary alicyclic amines) is 2. The van der Waals surface area contributed by atoms with Crippen molar-refractivity contribution in [1.29, 1.82) is 0 Å². The zero-order valence-electron chi connectivity index (χ0n) is 16.1. The molecule has 3 aliphatic rings. The summed E-state index contributed by atoms with van der Waals surface area (Å²) in [5.74, 6) is 0.213. The lowest BCUT2D eigenvalue weighted by Crippen LogP contribution is -2.50. The first kappa shape index (κ1) is 18.0. The van der Waals surface area contributed by atoms with Crippen LogP contribution in [0, 0.1) is 0 Å². The van der Waals surface area contributed by atoms with Gasteiger partial charge in [0.2, 0.25) is 5.91 Å². The zero-order valence-corrected chi connectivity index (χ0v) is 16.1. The molecule has 2 saturated heterocycles. The summed E-state index contributed by atoms with van der Waals surface area (Å²) in [6, 6.07) is 12.8. The molecular weight excluding hydrogens is 322 g/mol. The van der Waals surface area contributed by atoms with Crippen LogP contribution in [0.2, 0.25) is 0 Å². The first-order chi connectivity index (χ1) is 12.7. The molecule has 4 nitrogen and oxygen atoms in total. The number of benzene rings is 1. The molecule has 3 fully saturated rings. The van der Waals surface area contributed by atoms with E-state index in [1.807, 2.05) is 0 Å². The number of carbonyl (C=O) groups is 1.